The van der Waals surface area contributed by atoms with Crippen LogP contribution < -0.4 is 14.8 Å². The Morgan fingerprint density at radius 3 is 2.54 bits per heavy atom. The lowest BCUT2D eigenvalue weighted by Crippen LogP contribution is -2.28. The van der Waals surface area contributed by atoms with Crippen LogP contribution in [0.15, 0.2) is 60.0 Å². The molecule has 0 radical (unpaired) electrons. The molecule has 2 aromatic rings. The van der Waals surface area contributed by atoms with E-state index in [0.29, 0.717) is 17.9 Å². The van der Waals surface area contributed by atoms with Crippen molar-refractivity contribution in [1.82, 2.24) is 5.32 Å². The number of sulfonamides is 1. The van der Waals surface area contributed by atoms with Crippen LogP contribution in [0.5, 0.6) is 5.75 Å². The summed E-state index contributed by atoms with van der Waals surface area (Å²) in [5, 5.41) is 2.57. The molecule has 0 unspecified atom stereocenters. The van der Waals surface area contributed by atoms with Crippen LogP contribution in [-0.2, 0) is 14.8 Å². The lowest BCUT2D eigenvalue weighted by molar-refractivity contribution is -0.122. The molecule has 1 amide bonds. The lowest BCUT2D eigenvalue weighted by Gasteiger charge is -2.12. The average molecular weight is 378 g/mol. The normalized spacial score (nSPS) is 10.8. The number of carbonyl (C=O) groups excluding carboxylic acids is 1. The lowest BCUT2D eigenvalue weighted by atomic mass is 10.2. The minimum absolute atomic E-state index is 0.0304. The monoisotopic (exact) mass is 378 g/mol. The predicted octanol–water partition coefficient (Wildman–Crippen LogP) is 2.62. The Bertz CT molecular complexity index is 896. The van der Waals surface area contributed by atoms with Gasteiger partial charge in [0.25, 0.3) is 15.9 Å². The van der Waals surface area contributed by atoms with E-state index in [0.717, 1.165) is 12.1 Å². The first-order valence-electron chi connectivity index (χ1n) is 7.71. The molecular formula is C18H19FN2O4S. The SMILES string of the molecule is C=CCNC(=O)COc1ccc(S(=O)(=O)Nc2ccc(F)cc2)cc1C. The zero-order chi connectivity index (χ0) is 19.2. The quantitative estimate of drug-likeness (QED) is 0.692. The number of carbonyl (C=O) groups is 1. The highest BCUT2D eigenvalue weighted by molar-refractivity contribution is 7.92. The molecule has 2 N–H and O–H groups in total. The van der Waals surface area contributed by atoms with Crippen LogP contribution in [0.1, 0.15) is 5.56 Å². The van der Waals surface area contributed by atoms with E-state index in [9.17, 15) is 17.6 Å². The summed E-state index contributed by atoms with van der Waals surface area (Å²) in [4.78, 5) is 11.6. The van der Waals surface area contributed by atoms with Gasteiger partial charge in [0.05, 0.1) is 4.90 Å². The van der Waals surface area contributed by atoms with Crippen molar-refractivity contribution in [2.75, 3.05) is 17.9 Å². The number of amides is 1. The number of hydrogen-bond donors (Lipinski definition) is 2. The highest BCUT2D eigenvalue weighted by Crippen LogP contribution is 2.23. The molecule has 8 heteroatoms. The topological polar surface area (TPSA) is 84.5 Å². The van der Waals surface area contributed by atoms with E-state index in [1.807, 2.05) is 0 Å². The van der Waals surface area contributed by atoms with Gasteiger partial charge in [-0.3, -0.25) is 9.52 Å². The van der Waals surface area contributed by atoms with Crippen LogP contribution in [0.3, 0.4) is 0 Å². The van der Waals surface area contributed by atoms with Crippen molar-refractivity contribution in [3.05, 3.63) is 66.5 Å². The summed E-state index contributed by atoms with van der Waals surface area (Å²) in [6.07, 6.45) is 1.55. The van der Waals surface area contributed by atoms with Crippen LogP contribution >= 0.6 is 0 Å². The summed E-state index contributed by atoms with van der Waals surface area (Å²) >= 11 is 0. The molecule has 0 aliphatic heterocycles. The maximum absolute atomic E-state index is 12.9. The first-order chi connectivity index (χ1) is 12.3. The Labute approximate surface area is 151 Å². The third kappa shape index (κ3) is 5.32. The van der Waals surface area contributed by atoms with Crippen LogP contribution in [0, 0.1) is 12.7 Å². The first-order valence-corrected chi connectivity index (χ1v) is 9.19. The molecule has 26 heavy (non-hydrogen) atoms. The molecule has 0 aromatic heterocycles. The Morgan fingerprint density at radius 2 is 1.92 bits per heavy atom. The molecule has 2 aromatic carbocycles. The number of rotatable bonds is 8. The number of hydrogen-bond acceptors (Lipinski definition) is 4. The fraction of sp³-hybridized carbons (Fsp3) is 0.167. The fourth-order valence-corrected chi connectivity index (χ4v) is 3.21. The molecule has 0 saturated heterocycles. The third-order valence-electron chi connectivity index (χ3n) is 3.36. The van der Waals surface area contributed by atoms with Gasteiger partial charge in [0.2, 0.25) is 0 Å². The van der Waals surface area contributed by atoms with Crippen molar-refractivity contribution >= 4 is 21.6 Å². The van der Waals surface area contributed by atoms with Crippen molar-refractivity contribution in [1.29, 1.82) is 0 Å². The zero-order valence-electron chi connectivity index (χ0n) is 14.2. The summed E-state index contributed by atoms with van der Waals surface area (Å²) < 4.78 is 45.5. The molecule has 0 saturated carbocycles. The van der Waals surface area contributed by atoms with Gasteiger partial charge in [0, 0.05) is 12.2 Å². The summed E-state index contributed by atoms with van der Waals surface area (Å²) in [5.74, 6) is -0.360. The number of halogens is 1. The Hall–Kier alpha value is -2.87. The average Bonchev–Trinajstić information content (AvgIpc) is 2.60. The van der Waals surface area contributed by atoms with Gasteiger partial charge in [0.15, 0.2) is 6.61 Å². The highest BCUT2D eigenvalue weighted by atomic mass is 32.2. The summed E-state index contributed by atoms with van der Waals surface area (Å²) in [5.41, 5.74) is 0.812. The van der Waals surface area contributed by atoms with E-state index >= 15 is 0 Å². The third-order valence-corrected chi connectivity index (χ3v) is 4.73. The molecular weight excluding hydrogens is 359 g/mol. The number of nitrogens with one attached hydrogen (secondary N) is 2. The van der Waals surface area contributed by atoms with Crippen molar-refractivity contribution in [3.8, 4) is 5.75 Å². The second-order valence-electron chi connectivity index (χ2n) is 5.42. The standard InChI is InChI=1S/C18H19FN2O4S/c1-3-10-20-18(22)12-25-17-9-8-16(11-13(17)2)26(23,24)21-15-6-4-14(19)5-7-15/h3-9,11,21H,1,10,12H2,2H3,(H,20,22). The van der Waals surface area contributed by atoms with Gasteiger partial charge in [-0.2, -0.15) is 0 Å². The molecule has 138 valence electrons. The van der Waals surface area contributed by atoms with Gasteiger partial charge in [-0.05, 0) is 55.0 Å². The molecule has 0 aliphatic carbocycles. The van der Waals surface area contributed by atoms with E-state index in [4.69, 9.17) is 4.74 Å². The van der Waals surface area contributed by atoms with E-state index in [1.165, 1.54) is 30.3 Å². The van der Waals surface area contributed by atoms with Crippen LogP contribution in [0.25, 0.3) is 0 Å². The van der Waals surface area contributed by atoms with Crippen LogP contribution in [-0.4, -0.2) is 27.5 Å². The van der Waals surface area contributed by atoms with E-state index in [2.05, 4.69) is 16.6 Å². The van der Waals surface area contributed by atoms with Crippen LogP contribution in [0.4, 0.5) is 10.1 Å². The molecule has 2 rings (SSSR count). The number of anilines is 1. The molecule has 0 heterocycles. The second kappa shape index (κ2) is 8.48. The summed E-state index contributed by atoms with van der Waals surface area (Å²) in [6.45, 7) is 5.32. The maximum atomic E-state index is 12.9. The van der Waals surface area contributed by atoms with Gasteiger partial charge in [-0.1, -0.05) is 6.08 Å². The number of aryl methyl sites for hydroxylation is 1. The van der Waals surface area contributed by atoms with Gasteiger partial charge in [-0.25, -0.2) is 12.8 Å². The van der Waals surface area contributed by atoms with Gasteiger partial charge >= 0.3 is 0 Å². The zero-order valence-corrected chi connectivity index (χ0v) is 15.0. The highest BCUT2D eigenvalue weighted by Gasteiger charge is 2.16. The fourth-order valence-electron chi connectivity index (χ4n) is 2.06. The Morgan fingerprint density at radius 1 is 1.23 bits per heavy atom. The molecule has 0 atom stereocenters. The van der Waals surface area contributed by atoms with E-state index < -0.39 is 15.8 Å². The van der Waals surface area contributed by atoms with E-state index in [-0.39, 0.29) is 23.1 Å². The minimum Gasteiger partial charge on any atom is -0.484 e. The smallest absolute Gasteiger partial charge is 0.261 e. The van der Waals surface area contributed by atoms with Crippen molar-refractivity contribution in [2.45, 2.75) is 11.8 Å². The first kappa shape index (κ1) is 19.5. The van der Waals surface area contributed by atoms with Gasteiger partial charge in [0.1, 0.15) is 11.6 Å². The van der Waals surface area contributed by atoms with Crippen LogP contribution in [0.2, 0.25) is 0 Å². The van der Waals surface area contributed by atoms with Crippen molar-refractivity contribution < 1.29 is 22.3 Å². The second-order valence-corrected chi connectivity index (χ2v) is 7.10. The van der Waals surface area contributed by atoms with Crippen molar-refractivity contribution in [3.63, 3.8) is 0 Å². The molecule has 6 nitrogen and oxygen atoms in total. The van der Waals surface area contributed by atoms with E-state index in [1.54, 1.807) is 13.0 Å². The minimum atomic E-state index is -3.83. The number of ether oxygens (including phenoxy) is 1. The molecule has 0 fully saturated rings. The largest absolute Gasteiger partial charge is 0.484 e. The van der Waals surface area contributed by atoms with Gasteiger partial charge in [-0.15, -0.1) is 6.58 Å². The Kier molecular flexibility index (Phi) is 6.35. The molecule has 0 aliphatic rings. The molecule has 0 spiro atoms. The Balaban J connectivity index is 2.08. The van der Waals surface area contributed by atoms with Gasteiger partial charge < -0.3 is 10.1 Å². The molecule has 0 bridgehead atoms. The number of benzene rings is 2. The summed E-state index contributed by atoms with van der Waals surface area (Å²) in [7, 11) is -3.83. The summed E-state index contributed by atoms with van der Waals surface area (Å²) in [6, 6.07) is 9.28. The van der Waals surface area contributed by atoms with Crippen molar-refractivity contribution in [2.24, 2.45) is 0 Å². The maximum Gasteiger partial charge on any atom is 0.261 e. The predicted molar refractivity (Wildman–Crippen MR) is 97.1 cm³/mol.